The van der Waals surface area contributed by atoms with Crippen LogP contribution in [0, 0.1) is 5.92 Å². The van der Waals surface area contributed by atoms with Gasteiger partial charge in [-0.1, -0.05) is 18.2 Å². The molecular weight excluding hydrogens is 396 g/mol. The zero-order valence-electron chi connectivity index (χ0n) is 15.3. The van der Waals surface area contributed by atoms with Crippen LogP contribution in [0.4, 0.5) is 5.13 Å². The van der Waals surface area contributed by atoms with Crippen molar-refractivity contribution in [2.45, 2.75) is 35.8 Å². The van der Waals surface area contributed by atoms with Crippen LogP contribution in [-0.2, 0) is 19.4 Å². The van der Waals surface area contributed by atoms with Gasteiger partial charge in [0.1, 0.15) is 0 Å². The monoisotopic (exact) mass is 418 g/mol. The summed E-state index contributed by atoms with van der Waals surface area (Å²) in [6.07, 6.45) is 6.81. The maximum Gasteiger partial charge on any atom is 0.257 e. The number of sulfone groups is 1. The van der Waals surface area contributed by atoms with Crippen molar-refractivity contribution in [3.8, 4) is 0 Å². The van der Waals surface area contributed by atoms with E-state index in [1.165, 1.54) is 11.3 Å². The first-order valence-electron chi connectivity index (χ1n) is 9.39. The van der Waals surface area contributed by atoms with E-state index in [1.807, 2.05) is 6.08 Å². The largest absolute Gasteiger partial charge is 0.381 e. The lowest BCUT2D eigenvalue weighted by Gasteiger charge is -2.20. The Morgan fingerprint density at radius 1 is 1.14 bits per heavy atom. The molecule has 1 amide bonds. The van der Waals surface area contributed by atoms with Gasteiger partial charge in [0.2, 0.25) is 0 Å². The van der Waals surface area contributed by atoms with Gasteiger partial charge in [-0.15, -0.1) is 11.3 Å². The Hall–Kier alpha value is -2.03. The molecule has 1 saturated heterocycles. The van der Waals surface area contributed by atoms with Crippen molar-refractivity contribution in [2.75, 3.05) is 18.5 Å². The fraction of sp³-hybridized carbons (Fsp3) is 0.400. The van der Waals surface area contributed by atoms with Crippen LogP contribution in [0.25, 0.3) is 5.57 Å². The average Bonchev–Trinajstić information content (AvgIpc) is 3.46. The van der Waals surface area contributed by atoms with Crippen molar-refractivity contribution in [1.29, 1.82) is 0 Å². The number of carbonyl (C=O) groups excluding carboxylic acids is 1. The van der Waals surface area contributed by atoms with Gasteiger partial charge in [-0.25, -0.2) is 13.4 Å². The predicted molar refractivity (Wildman–Crippen MR) is 109 cm³/mol. The van der Waals surface area contributed by atoms with Crippen molar-refractivity contribution in [1.82, 2.24) is 4.98 Å². The van der Waals surface area contributed by atoms with Crippen LogP contribution >= 0.6 is 11.3 Å². The standard InChI is InChI=1S/C20H22N2O4S2/c23-19(22-20-21-9-12-27-20)18(13-14-7-10-26-11-8-14)15-1-3-16(4-2-15)28(24,25)17-5-6-17/h1-4,9,12-14,17H,5-8,10-11H2,(H,21,22,23)/b18-13+. The van der Waals surface area contributed by atoms with Gasteiger partial charge in [0.25, 0.3) is 5.91 Å². The fourth-order valence-electron chi connectivity index (χ4n) is 3.27. The zero-order chi connectivity index (χ0) is 19.6. The van der Waals surface area contributed by atoms with Crippen molar-refractivity contribution < 1.29 is 17.9 Å². The van der Waals surface area contributed by atoms with E-state index in [4.69, 9.17) is 4.74 Å². The second-order valence-electron chi connectivity index (χ2n) is 7.09. The van der Waals surface area contributed by atoms with E-state index in [-0.39, 0.29) is 17.1 Å². The van der Waals surface area contributed by atoms with Gasteiger partial charge < -0.3 is 4.74 Å². The SMILES string of the molecule is O=C(Nc1nccs1)/C(=C/C1CCOCC1)c1ccc(S(=O)(=O)C2CC2)cc1. The highest BCUT2D eigenvalue weighted by Crippen LogP contribution is 2.34. The van der Waals surface area contributed by atoms with E-state index in [2.05, 4.69) is 10.3 Å². The molecule has 2 aromatic rings. The lowest BCUT2D eigenvalue weighted by molar-refractivity contribution is -0.111. The van der Waals surface area contributed by atoms with Gasteiger partial charge in [-0.3, -0.25) is 10.1 Å². The summed E-state index contributed by atoms with van der Waals surface area (Å²) < 4.78 is 30.3. The van der Waals surface area contributed by atoms with Crippen molar-refractivity contribution in [3.63, 3.8) is 0 Å². The van der Waals surface area contributed by atoms with Gasteiger partial charge >= 0.3 is 0 Å². The summed E-state index contributed by atoms with van der Waals surface area (Å²) >= 11 is 1.36. The minimum atomic E-state index is -3.24. The lowest BCUT2D eigenvalue weighted by atomic mass is 9.94. The lowest BCUT2D eigenvalue weighted by Crippen LogP contribution is -2.18. The maximum absolute atomic E-state index is 12.9. The Bertz CT molecular complexity index is 956. The third kappa shape index (κ3) is 4.34. The maximum atomic E-state index is 12.9. The number of nitrogens with zero attached hydrogens (tertiary/aromatic N) is 1. The van der Waals surface area contributed by atoms with Crippen LogP contribution in [0.5, 0.6) is 0 Å². The number of aromatic nitrogens is 1. The average molecular weight is 419 g/mol. The van der Waals surface area contributed by atoms with E-state index in [0.29, 0.717) is 34.4 Å². The number of rotatable bonds is 6. The van der Waals surface area contributed by atoms with E-state index in [1.54, 1.807) is 35.8 Å². The molecule has 2 heterocycles. The molecule has 28 heavy (non-hydrogen) atoms. The molecule has 1 saturated carbocycles. The quantitative estimate of drug-likeness (QED) is 0.726. The molecule has 1 aromatic heterocycles. The molecule has 2 aliphatic rings. The van der Waals surface area contributed by atoms with Gasteiger partial charge in [-0.05, 0) is 49.3 Å². The number of thiazole rings is 1. The third-order valence-corrected chi connectivity index (χ3v) is 7.99. The summed E-state index contributed by atoms with van der Waals surface area (Å²) in [5.41, 5.74) is 1.24. The first-order valence-corrected chi connectivity index (χ1v) is 11.8. The molecule has 0 spiro atoms. The van der Waals surface area contributed by atoms with Crippen molar-refractivity contribution in [2.24, 2.45) is 5.92 Å². The van der Waals surface area contributed by atoms with Crippen LogP contribution in [0.1, 0.15) is 31.2 Å². The molecular formula is C20H22N2O4S2. The van der Waals surface area contributed by atoms with E-state index < -0.39 is 9.84 Å². The Morgan fingerprint density at radius 3 is 2.46 bits per heavy atom. The number of ether oxygens (including phenoxy) is 1. The molecule has 6 nitrogen and oxygen atoms in total. The fourth-order valence-corrected chi connectivity index (χ4v) is 5.45. The second kappa shape index (κ2) is 8.14. The summed E-state index contributed by atoms with van der Waals surface area (Å²) in [7, 11) is -3.24. The minimum absolute atomic E-state index is 0.237. The highest BCUT2D eigenvalue weighted by molar-refractivity contribution is 7.92. The Balaban J connectivity index is 1.62. The second-order valence-corrected chi connectivity index (χ2v) is 10.2. The molecule has 1 N–H and O–H groups in total. The van der Waals surface area contributed by atoms with Crippen LogP contribution in [0.2, 0.25) is 0 Å². The van der Waals surface area contributed by atoms with Crippen LogP contribution in [0.15, 0.2) is 46.8 Å². The first-order chi connectivity index (χ1) is 13.5. The summed E-state index contributed by atoms with van der Waals surface area (Å²) in [4.78, 5) is 17.4. The topological polar surface area (TPSA) is 85.4 Å². The molecule has 2 fully saturated rings. The first kappa shape index (κ1) is 19.3. The van der Waals surface area contributed by atoms with Crippen LogP contribution in [0.3, 0.4) is 0 Å². The summed E-state index contributed by atoms with van der Waals surface area (Å²) in [6.45, 7) is 1.36. The minimum Gasteiger partial charge on any atom is -0.381 e. The molecule has 0 bridgehead atoms. The van der Waals surface area contributed by atoms with Crippen LogP contribution < -0.4 is 5.32 Å². The Kier molecular flexibility index (Phi) is 5.61. The summed E-state index contributed by atoms with van der Waals surface area (Å²) in [6, 6.07) is 6.67. The number of benzene rings is 1. The number of carbonyl (C=O) groups is 1. The molecule has 1 aliphatic heterocycles. The van der Waals surface area contributed by atoms with Gasteiger partial charge in [0.05, 0.1) is 10.1 Å². The van der Waals surface area contributed by atoms with E-state index in [0.717, 1.165) is 25.7 Å². The smallest absolute Gasteiger partial charge is 0.257 e. The Labute approximate surface area is 168 Å². The predicted octanol–water partition coefficient (Wildman–Crippen LogP) is 3.53. The molecule has 1 aromatic carbocycles. The number of nitrogens with one attached hydrogen (secondary N) is 1. The van der Waals surface area contributed by atoms with Crippen molar-refractivity contribution in [3.05, 3.63) is 47.5 Å². The van der Waals surface area contributed by atoms with Gasteiger partial charge in [-0.2, -0.15) is 0 Å². The normalized spacial score (nSPS) is 18.8. The molecule has 0 atom stereocenters. The number of allylic oxidation sites excluding steroid dienone is 1. The van der Waals surface area contributed by atoms with Crippen molar-refractivity contribution >= 4 is 37.8 Å². The van der Waals surface area contributed by atoms with E-state index in [9.17, 15) is 13.2 Å². The molecule has 0 radical (unpaired) electrons. The van der Waals surface area contributed by atoms with E-state index >= 15 is 0 Å². The Morgan fingerprint density at radius 2 is 1.86 bits per heavy atom. The number of amides is 1. The number of hydrogen-bond donors (Lipinski definition) is 1. The van der Waals surface area contributed by atoms with Crippen LogP contribution in [-0.4, -0.2) is 37.8 Å². The third-order valence-electron chi connectivity index (χ3n) is 5.02. The molecule has 0 unspecified atom stereocenters. The number of hydrogen-bond acceptors (Lipinski definition) is 6. The number of anilines is 1. The molecule has 8 heteroatoms. The summed E-state index contributed by atoms with van der Waals surface area (Å²) in [5.74, 6) is 0.0138. The zero-order valence-corrected chi connectivity index (χ0v) is 17.0. The molecule has 148 valence electrons. The summed E-state index contributed by atoms with van der Waals surface area (Å²) in [5, 5.41) is 4.93. The molecule has 1 aliphatic carbocycles. The molecule has 4 rings (SSSR count). The highest BCUT2D eigenvalue weighted by atomic mass is 32.2. The van der Waals surface area contributed by atoms with Gasteiger partial charge in [0, 0.05) is 30.4 Å². The van der Waals surface area contributed by atoms with Gasteiger partial charge in [0.15, 0.2) is 15.0 Å². The highest BCUT2D eigenvalue weighted by Gasteiger charge is 2.36.